The molecule has 48 heavy (non-hydrogen) atoms. The molecule has 0 radical (unpaired) electrons. The van der Waals surface area contributed by atoms with Crippen LogP contribution in [0.2, 0.25) is 0 Å². The summed E-state index contributed by atoms with van der Waals surface area (Å²) in [4.78, 5) is 25.2. The molecule has 0 atom stereocenters. The van der Waals surface area contributed by atoms with Crippen molar-refractivity contribution >= 4 is 40.3 Å². The molecule has 246 valence electrons. The van der Waals surface area contributed by atoms with Gasteiger partial charge in [-0.3, -0.25) is 9.52 Å². The summed E-state index contributed by atoms with van der Waals surface area (Å²) >= 11 is 1.58. The first-order chi connectivity index (χ1) is 23.4. The Bertz CT molecular complexity index is 1910. The third-order valence-electron chi connectivity index (χ3n) is 8.22. The fraction of sp³-hybridized carbons (Fsp3) is 0.211. The van der Waals surface area contributed by atoms with Gasteiger partial charge in [0.1, 0.15) is 28.7 Å². The number of carboxylic acids is 1. The van der Waals surface area contributed by atoms with E-state index < -0.39 is 11.9 Å². The van der Waals surface area contributed by atoms with Crippen LogP contribution in [-0.4, -0.2) is 43.3 Å². The van der Waals surface area contributed by atoms with Crippen LogP contribution in [0.3, 0.4) is 0 Å². The van der Waals surface area contributed by atoms with Crippen LogP contribution in [-0.2, 0) is 0 Å². The zero-order chi connectivity index (χ0) is 33.5. The first-order valence-electron chi connectivity index (χ1n) is 15.6. The predicted octanol–water partition coefficient (Wildman–Crippen LogP) is 8.59. The summed E-state index contributed by atoms with van der Waals surface area (Å²) in [7, 11) is 3.34. The molecule has 0 aromatic heterocycles. The van der Waals surface area contributed by atoms with E-state index in [4.69, 9.17) is 18.9 Å². The number of carbonyl (C=O) groups is 2. The quantitative estimate of drug-likeness (QED) is 0.113. The number of hydrogen-bond donors (Lipinski definition) is 3. The molecule has 0 heterocycles. The maximum absolute atomic E-state index is 12.7. The summed E-state index contributed by atoms with van der Waals surface area (Å²) in [5.41, 5.74) is 0.645. The molecule has 1 fully saturated rings. The highest BCUT2D eigenvalue weighted by Gasteiger charge is 2.23. The van der Waals surface area contributed by atoms with Gasteiger partial charge in [0.05, 0.1) is 36.5 Å². The smallest absolute Gasteiger partial charge is 0.337 e. The number of carbonyl (C=O) groups excluding carboxylic acids is 1. The highest BCUT2D eigenvalue weighted by molar-refractivity contribution is 7.97. The molecule has 0 saturated heterocycles. The Morgan fingerprint density at radius 3 is 2.10 bits per heavy atom. The summed E-state index contributed by atoms with van der Waals surface area (Å²) in [5.74, 6) is 2.19. The molecule has 0 aliphatic heterocycles. The lowest BCUT2D eigenvalue weighted by atomic mass is 9.93. The van der Waals surface area contributed by atoms with Crippen LogP contribution in [0.4, 0.5) is 5.69 Å². The van der Waals surface area contributed by atoms with Crippen LogP contribution in [0.25, 0.3) is 10.8 Å². The third kappa shape index (κ3) is 8.02. The van der Waals surface area contributed by atoms with Gasteiger partial charge in [-0.05, 0) is 127 Å². The van der Waals surface area contributed by atoms with E-state index in [2.05, 4.69) is 16.1 Å². The molecular weight excluding hydrogens is 628 g/mol. The van der Waals surface area contributed by atoms with Gasteiger partial charge in [0.15, 0.2) is 0 Å². The summed E-state index contributed by atoms with van der Waals surface area (Å²) in [6, 6.07) is 31.1. The number of nitrogens with one attached hydrogen (secondary N) is 2. The molecule has 1 aliphatic rings. The highest BCUT2D eigenvalue weighted by atomic mass is 32.2. The zero-order valence-electron chi connectivity index (χ0n) is 26.6. The number of hydrogen-bond acceptors (Lipinski definition) is 8. The van der Waals surface area contributed by atoms with Crippen molar-refractivity contribution in [2.24, 2.45) is 0 Å². The van der Waals surface area contributed by atoms with Crippen molar-refractivity contribution in [2.75, 3.05) is 19.5 Å². The van der Waals surface area contributed by atoms with Gasteiger partial charge in [-0.2, -0.15) is 0 Å². The second-order valence-electron chi connectivity index (χ2n) is 11.4. The van der Waals surface area contributed by atoms with Crippen molar-refractivity contribution in [3.05, 3.63) is 114 Å². The monoisotopic (exact) mass is 664 g/mol. The lowest BCUT2D eigenvalue weighted by molar-refractivity contribution is 0.0698. The van der Waals surface area contributed by atoms with Gasteiger partial charge in [-0.1, -0.05) is 24.3 Å². The Kier molecular flexibility index (Phi) is 10.3. The van der Waals surface area contributed by atoms with Crippen LogP contribution in [0.15, 0.2) is 108 Å². The van der Waals surface area contributed by atoms with Crippen molar-refractivity contribution < 1.29 is 33.6 Å². The topological polar surface area (TPSA) is 115 Å². The van der Waals surface area contributed by atoms with E-state index in [9.17, 15) is 14.7 Å². The maximum Gasteiger partial charge on any atom is 0.337 e. The van der Waals surface area contributed by atoms with Gasteiger partial charge in [-0.15, -0.1) is 0 Å². The lowest BCUT2D eigenvalue weighted by Crippen LogP contribution is -2.33. The number of fused-ring (bicyclic) bond motifs is 1. The first kappa shape index (κ1) is 32.7. The third-order valence-corrected chi connectivity index (χ3v) is 9.21. The lowest BCUT2D eigenvalue weighted by Gasteiger charge is -2.29. The van der Waals surface area contributed by atoms with E-state index in [1.807, 2.05) is 48.5 Å². The Morgan fingerprint density at radius 2 is 1.40 bits per heavy atom. The van der Waals surface area contributed by atoms with Gasteiger partial charge >= 0.3 is 5.97 Å². The van der Waals surface area contributed by atoms with E-state index >= 15 is 0 Å². The minimum absolute atomic E-state index is 0.0268. The van der Waals surface area contributed by atoms with E-state index in [0.29, 0.717) is 23.1 Å². The van der Waals surface area contributed by atoms with Crippen LogP contribution in [0.5, 0.6) is 28.7 Å². The number of benzene rings is 5. The van der Waals surface area contributed by atoms with Crippen molar-refractivity contribution in [3.63, 3.8) is 0 Å². The zero-order valence-corrected chi connectivity index (χ0v) is 27.4. The molecular formula is C38H36N2O7S. The second kappa shape index (κ2) is 15.1. The van der Waals surface area contributed by atoms with Crippen LogP contribution in [0, 0.1) is 0 Å². The Labute approximate surface area is 283 Å². The van der Waals surface area contributed by atoms with Gasteiger partial charge in [0.25, 0.3) is 5.91 Å². The molecule has 1 saturated carbocycles. The summed E-state index contributed by atoms with van der Waals surface area (Å²) in [5, 5.41) is 14.1. The number of rotatable bonds is 12. The highest BCUT2D eigenvalue weighted by Crippen LogP contribution is 2.34. The fourth-order valence-corrected chi connectivity index (χ4v) is 6.58. The maximum atomic E-state index is 12.7. The second-order valence-corrected chi connectivity index (χ2v) is 12.3. The minimum Gasteiger partial charge on any atom is -0.497 e. The molecule has 3 N–H and O–H groups in total. The molecule has 9 nitrogen and oxygen atoms in total. The number of ether oxygens (including phenoxy) is 4. The fourth-order valence-electron chi connectivity index (χ4n) is 5.62. The van der Waals surface area contributed by atoms with Gasteiger partial charge in [0, 0.05) is 11.6 Å². The van der Waals surface area contributed by atoms with E-state index in [-0.39, 0.29) is 17.4 Å². The molecule has 0 unspecified atom stereocenters. The molecule has 1 aliphatic carbocycles. The normalized spacial score (nSPS) is 15.8. The predicted molar refractivity (Wildman–Crippen MR) is 187 cm³/mol. The number of carboxylic acid groups (broad SMARTS) is 1. The number of methoxy groups -OCH3 is 2. The molecule has 0 bridgehead atoms. The summed E-state index contributed by atoms with van der Waals surface area (Å²) in [6.45, 7) is 0. The Balaban J connectivity index is 1.00. The van der Waals surface area contributed by atoms with E-state index in [1.165, 1.54) is 6.07 Å². The van der Waals surface area contributed by atoms with Crippen molar-refractivity contribution in [1.82, 2.24) is 4.72 Å². The van der Waals surface area contributed by atoms with Crippen molar-refractivity contribution in [3.8, 4) is 28.7 Å². The Hall–Kier alpha value is -5.19. The Morgan fingerprint density at radius 1 is 0.729 bits per heavy atom. The summed E-state index contributed by atoms with van der Waals surface area (Å²) in [6.07, 6.45) is 4.13. The molecule has 0 spiro atoms. The van der Waals surface area contributed by atoms with Gasteiger partial charge < -0.3 is 29.4 Å². The summed E-state index contributed by atoms with van der Waals surface area (Å²) < 4.78 is 26.9. The van der Waals surface area contributed by atoms with Crippen molar-refractivity contribution in [2.45, 2.75) is 42.7 Å². The van der Waals surface area contributed by atoms with Crippen LogP contribution in [0.1, 0.15) is 46.4 Å². The standard InChI is InChI=1S/C38H36N2O7S/c1-44-30-19-20-35(45-2)36(23-30)48-40-27-11-17-29(18-12-27)47-32-16-10-25-21-31(15-9-26(25)22-32)46-28-13-7-24(8-14-28)37(41)39-34-6-4-3-5-33(34)38(42)43/h3-10,13-16,19-23,27,29,40H,11-12,17-18H2,1-2H3,(H,39,41)(H,42,43). The van der Waals surface area contributed by atoms with Gasteiger partial charge in [0.2, 0.25) is 0 Å². The largest absolute Gasteiger partial charge is 0.497 e. The van der Waals surface area contributed by atoms with E-state index in [1.54, 1.807) is 68.6 Å². The molecule has 10 heteroatoms. The van der Waals surface area contributed by atoms with Crippen molar-refractivity contribution in [1.29, 1.82) is 0 Å². The molecule has 5 aromatic carbocycles. The van der Waals surface area contributed by atoms with Crippen LogP contribution < -0.4 is 29.0 Å². The van der Waals surface area contributed by atoms with E-state index in [0.717, 1.165) is 58.6 Å². The average molecular weight is 665 g/mol. The SMILES string of the molecule is COc1ccc(OC)c(SNC2CCC(Oc3ccc4cc(Oc5ccc(C(=O)Nc6ccccc6C(=O)O)cc5)ccc4c3)CC2)c1. The number of anilines is 1. The minimum atomic E-state index is -1.11. The average Bonchev–Trinajstić information content (AvgIpc) is 3.11. The number of aromatic carboxylic acids is 1. The van der Waals surface area contributed by atoms with Gasteiger partial charge in [-0.25, -0.2) is 4.79 Å². The molecule has 1 amide bonds. The number of para-hydroxylation sites is 1. The first-order valence-corrected chi connectivity index (χ1v) is 16.5. The number of amides is 1. The molecule has 6 rings (SSSR count). The van der Waals surface area contributed by atoms with Crippen LogP contribution >= 0.6 is 11.9 Å². The molecule has 5 aromatic rings.